The Morgan fingerprint density at radius 3 is 2.79 bits per heavy atom. The zero-order chi connectivity index (χ0) is 13.4. The fourth-order valence-corrected chi connectivity index (χ4v) is 3.54. The molecule has 0 atom stereocenters. The number of para-hydroxylation sites is 1. The lowest BCUT2D eigenvalue weighted by Crippen LogP contribution is -1.92. The Morgan fingerprint density at radius 1 is 1.26 bits per heavy atom. The Bertz CT molecular complexity index is 673. The summed E-state index contributed by atoms with van der Waals surface area (Å²) in [6.07, 6.45) is 1.11. The first kappa shape index (κ1) is 12.4. The first-order chi connectivity index (χ1) is 9.13. The number of fused-ring (bicyclic) bond motifs is 1. The first-order valence-electron chi connectivity index (χ1n) is 6.68. The van der Waals surface area contributed by atoms with Crippen molar-refractivity contribution in [2.45, 2.75) is 27.2 Å². The van der Waals surface area contributed by atoms with Crippen LogP contribution in [0.15, 0.2) is 30.3 Å². The third-order valence-corrected chi connectivity index (χ3v) is 4.46. The van der Waals surface area contributed by atoms with Gasteiger partial charge in [0.25, 0.3) is 0 Å². The van der Waals surface area contributed by atoms with Gasteiger partial charge in [-0.05, 0) is 31.4 Å². The van der Waals surface area contributed by atoms with E-state index in [1.807, 2.05) is 11.3 Å². The molecule has 0 saturated carbocycles. The molecule has 0 radical (unpaired) electrons. The third kappa shape index (κ3) is 2.43. The molecule has 0 spiro atoms. The van der Waals surface area contributed by atoms with E-state index in [1.165, 1.54) is 21.5 Å². The van der Waals surface area contributed by atoms with E-state index in [4.69, 9.17) is 4.98 Å². The minimum Gasteiger partial charge on any atom is -0.353 e. The zero-order valence-electron chi connectivity index (χ0n) is 11.5. The monoisotopic (exact) mass is 270 g/mol. The Labute approximate surface area is 117 Å². The van der Waals surface area contributed by atoms with Gasteiger partial charge in [-0.25, -0.2) is 4.98 Å². The van der Waals surface area contributed by atoms with E-state index in [0.717, 1.165) is 17.1 Å². The molecule has 0 aliphatic carbocycles. The van der Waals surface area contributed by atoms with Gasteiger partial charge < -0.3 is 4.98 Å². The topological polar surface area (TPSA) is 28.7 Å². The fraction of sp³-hybridized carbons (Fsp3) is 0.312. The van der Waals surface area contributed by atoms with Crippen LogP contribution in [-0.4, -0.2) is 9.97 Å². The molecule has 98 valence electrons. The summed E-state index contributed by atoms with van der Waals surface area (Å²) >= 11 is 1.81. The summed E-state index contributed by atoms with van der Waals surface area (Å²) in [6.45, 7) is 6.61. The van der Waals surface area contributed by atoms with Crippen LogP contribution in [0.2, 0.25) is 0 Å². The summed E-state index contributed by atoms with van der Waals surface area (Å²) < 4.78 is 0. The largest absolute Gasteiger partial charge is 0.353 e. The maximum Gasteiger partial charge on any atom is 0.140 e. The summed E-state index contributed by atoms with van der Waals surface area (Å²) in [5.41, 5.74) is 3.48. The van der Waals surface area contributed by atoms with Gasteiger partial charge in [0, 0.05) is 15.8 Å². The summed E-state index contributed by atoms with van der Waals surface area (Å²) in [5, 5.41) is 2.35. The number of hydrogen-bond acceptors (Lipinski definition) is 2. The van der Waals surface area contributed by atoms with Gasteiger partial charge in [-0.1, -0.05) is 32.0 Å². The number of hydrogen-bond donors (Lipinski definition) is 1. The Hall–Kier alpha value is -1.61. The Kier molecular flexibility index (Phi) is 3.15. The number of nitrogens with one attached hydrogen (secondary N) is 1. The minimum atomic E-state index is 0.676. The molecule has 0 fully saturated rings. The van der Waals surface area contributed by atoms with Crippen molar-refractivity contribution < 1.29 is 0 Å². The first-order valence-corrected chi connectivity index (χ1v) is 7.49. The highest BCUT2D eigenvalue weighted by Crippen LogP contribution is 2.30. The SMILES string of the molecule is Cc1nc(-c2cc3ccccc3[nH]2)sc1CC(C)C. The molecular formula is C16H18N2S. The molecule has 2 aromatic heterocycles. The molecule has 0 bridgehead atoms. The summed E-state index contributed by atoms with van der Waals surface area (Å²) in [4.78, 5) is 9.58. The van der Waals surface area contributed by atoms with Gasteiger partial charge in [-0.2, -0.15) is 0 Å². The number of aromatic amines is 1. The van der Waals surface area contributed by atoms with Crippen molar-refractivity contribution in [2.24, 2.45) is 5.92 Å². The second kappa shape index (κ2) is 4.82. The highest BCUT2D eigenvalue weighted by Gasteiger charge is 2.12. The van der Waals surface area contributed by atoms with Gasteiger partial charge in [0.2, 0.25) is 0 Å². The van der Waals surface area contributed by atoms with Crippen LogP contribution < -0.4 is 0 Å². The zero-order valence-corrected chi connectivity index (χ0v) is 12.3. The molecule has 3 aromatic rings. The maximum absolute atomic E-state index is 4.72. The highest BCUT2D eigenvalue weighted by atomic mass is 32.1. The van der Waals surface area contributed by atoms with Crippen LogP contribution in [-0.2, 0) is 6.42 Å². The quantitative estimate of drug-likeness (QED) is 0.727. The summed E-state index contributed by atoms with van der Waals surface area (Å²) in [6, 6.07) is 10.5. The van der Waals surface area contributed by atoms with Crippen molar-refractivity contribution in [2.75, 3.05) is 0 Å². The molecule has 0 saturated heterocycles. The van der Waals surface area contributed by atoms with E-state index in [1.54, 1.807) is 0 Å². The van der Waals surface area contributed by atoms with Crippen LogP contribution in [0.5, 0.6) is 0 Å². The predicted molar refractivity (Wildman–Crippen MR) is 82.7 cm³/mol. The van der Waals surface area contributed by atoms with Crippen molar-refractivity contribution in [3.05, 3.63) is 40.9 Å². The lowest BCUT2D eigenvalue weighted by atomic mass is 10.1. The standard InChI is InChI=1S/C16H18N2S/c1-10(2)8-15-11(3)17-16(19-15)14-9-12-6-4-5-7-13(12)18-14/h4-7,9-10,18H,8H2,1-3H3. The van der Waals surface area contributed by atoms with E-state index in [2.05, 4.69) is 56.1 Å². The number of nitrogens with zero attached hydrogens (tertiary/aromatic N) is 1. The lowest BCUT2D eigenvalue weighted by Gasteiger charge is -2.00. The number of benzene rings is 1. The van der Waals surface area contributed by atoms with Crippen LogP contribution in [0.3, 0.4) is 0 Å². The molecule has 0 aliphatic heterocycles. The third-order valence-electron chi connectivity index (χ3n) is 3.25. The van der Waals surface area contributed by atoms with Crippen LogP contribution in [0.4, 0.5) is 0 Å². The number of aryl methyl sites for hydroxylation is 1. The molecule has 19 heavy (non-hydrogen) atoms. The van der Waals surface area contributed by atoms with Gasteiger partial charge in [0.1, 0.15) is 5.01 Å². The second-order valence-electron chi connectivity index (χ2n) is 5.40. The van der Waals surface area contributed by atoms with Crippen LogP contribution in [0, 0.1) is 12.8 Å². The van der Waals surface area contributed by atoms with Gasteiger partial charge in [-0.15, -0.1) is 11.3 Å². The van der Waals surface area contributed by atoms with E-state index < -0.39 is 0 Å². The average Bonchev–Trinajstić information content (AvgIpc) is 2.93. The van der Waals surface area contributed by atoms with Gasteiger partial charge in [-0.3, -0.25) is 0 Å². The fourth-order valence-electron chi connectivity index (χ4n) is 2.29. The smallest absolute Gasteiger partial charge is 0.140 e. The van der Waals surface area contributed by atoms with E-state index in [9.17, 15) is 0 Å². The summed E-state index contributed by atoms with van der Waals surface area (Å²) in [5.74, 6) is 0.676. The normalized spacial score (nSPS) is 11.6. The number of rotatable bonds is 3. The van der Waals surface area contributed by atoms with Crippen molar-refractivity contribution in [1.29, 1.82) is 0 Å². The van der Waals surface area contributed by atoms with Crippen molar-refractivity contribution in [3.8, 4) is 10.7 Å². The molecule has 1 N–H and O–H groups in total. The lowest BCUT2D eigenvalue weighted by molar-refractivity contribution is 0.651. The maximum atomic E-state index is 4.72. The molecular weight excluding hydrogens is 252 g/mol. The molecule has 2 heterocycles. The highest BCUT2D eigenvalue weighted by molar-refractivity contribution is 7.15. The molecule has 3 heteroatoms. The minimum absolute atomic E-state index is 0.676. The Morgan fingerprint density at radius 2 is 2.05 bits per heavy atom. The molecule has 2 nitrogen and oxygen atoms in total. The average molecular weight is 270 g/mol. The number of aromatic nitrogens is 2. The number of thiazole rings is 1. The van der Waals surface area contributed by atoms with Crippen LogP contribution >= 0.6 is 11.3 Å². The van der Waals surface area contributed by atoms with E-state index in [0.29, 0.717) is 5.92 Å². The van der Waals surface area contributed by atoms with Gasteiger partial charge in [0.15, 0.2) is 0 Å². The molecule has 1 aromatic carbocycles. The molecule has 3 rings (SSSR count). The van der Waals surface area contributed by atoms with E-state index in [-0.39, 0.29) is 0 Å². The van der Waals surface area contributed by atoms with Gasteiger partial charge in [0.05, 0.1) is 11.4 Å². The van der Waals surface area contributed by atoms with Crippen LogP contribution in [0.25, 0.3) is 21.6 Å². The summed E-state index contributed by atoms with van der Waals surface area (Å²) in [7, 11) is 0. The van der Waals surface area contributed by atoms with Crippen LogP contribution in [0.1, 0.15) is 24.4 Å². The van der Waals surface area contributed by atoms with Crippen molar-refractivity contribution in [3.63, 3.8) is 0 Å². The predicted octanol–water partition coefficient (Wildman–Crippen LogP) is 4.80. The van der Waals surface area contributed by atoms with E-state index >= 15 is 0 Å². The molecule has 0 aliphatic rings. The van der Waals surface area contributed by atoms with Crippen molar-refractivity contribution >= 4 is 22.2 Å². The molecule has 0 amide bonds. The van der Waals surface area contributed by atoms with Crippen molar-refractivity contribution in [1.82, 2.24) is 9.97 Å². The Balaban J connectivity index is 2.01. The second-order valence-corrected chi connectivity index (χ2v) is 6.48. The van der Waals surface area contributed by atoms with Gasteiger partial charge >= 0.3 is 0 Å². The number of H-pyrrole nitrogens is 1. The molecule has 0 unspecified atom stereocenters.